The number of carbonyl (C=O) groups excluding carboxylic acids is 1. The first-order chi connectivity index (χ1) is 20.1. The van der Waals surface area contributed by atoms with Crippen LogP contribution in [0, 0.1) is 13.8 Å². The van der Waals surface area contributed by atoms with Crippen molar-refractivity contribution in [3.8, 4) is 0 Å². The number of allylic oxidation sites excluding steroid dienone is 1. The Morgan fingerprint density at radius 3 is 2.55 bits per heavy atom. The van der Waals surface area contributed by atoms with Crippen molar-refractivity contribution in [1.82, 2.24) is 9.97 Å². The van der Waals surface area contributed by atoms with Crippen molar-refractivity contribution in [3.05, 3.63) is 94.3 Å². The number of amides is 1. The predicted molar refractivity (Wildman–Crippen MR) is 163 cm³/mol. The number of benzene rings is 3. The highest BCUT2D eigenvalue weighted by Gasteiger charge is 2.35. The Labute approximate surface area is 244 Å². The number of aryl methyl sites for hydroxylation is 1. The van der Waals surface area contributed by atoms with Crippen molar-refractivity contribution in [2.24, 2.45) is 0 Å². The van der Waals surface area contributed by atoms with Gasteiger partial charge in [0.1, 0.15) is 5.82 Å². The SMILES string of the molecule is CCCC/C=C(\Nc1cccc(C)c1C)c1cc(NC(=O)c2ccccc2C(F)(F)F)cc2[nH]c(CCOCC)nc12. The minimum atomic E-state index is -4.66. The molecule has 1 amide bonds. The highest BCUT2D eigenvalue weighted by atomic mass is 19.4. The molecule has 4 rings (SSSR count). The van der Waals surface area contributed by atoms with Crippen LogP contribution in [0.5, 0.6) is 0 Å². The Balaban J connectivity index is 1.81. The molecule has 222 valence electrons. The lowest BCUT2D eigenvalue weighted by Gasteiger charge is -2.17. The smallest absolute Gasteiger partial charge is 0.381 e. The average Bonchev–Trinajstić information content (AvgIpc) is 3.37. The van der Waals surface area contributed by atoms with Gasteiger partial charge in [-0.3, -0.25) is 4.79 Å². The van der Waals surface area contributed by atoms with Gasteiger partial charge in [0.25, 0.3) is 5.91 Å². The molecule has 0 aliphatic carbocycles. The number of fused-ring (bicyclic) bond motifs is 1. The quantitative estimate of drug-likeness (QED) is 0.147. The zero-order chi connectivity index (χ0) is 30.3. The van der Waals surface area contributed by atoms with E-state index in [4.69, 9.17) is 9.72 Å². The Morgan fingerprint density at radius 2 is 1.81 bits per heavy atom. The number of hydrogen-bond acceptors (Lipinski definition) is 4. The monoisotopic (exact) mass is 578 g/mol. The van der Waals surface area contributed by atoms with Gasteiger partial charge < -0.3 is 20.4 Å². The van der Waals surface area contributed by atoms with Crippen molar-refractivity contribution in [2.75, 3.05) is 23.8 Å². The van der Waals surface area contributed by atoms with Crippen LogP contribution in [0.25, 0.3) is 16.7 Å². The third-order valence-electron chi connectivity index (χ3n) is 7.13. The maximum atomic E-state index is 13.7. The molecular weight excluding hydrogens is 541 g/mol. The summed E-state index contributed by atoms with van der Waals surface area (Å²) in [5.41, 5.74) is 4.97. The van der Waals surface area contributed by atoms with Crippen LogP contribution in [-0.2, 0) is 17.3 Å². The minimum Gasteiger partial charge on any atom is -0.381 e. The summed E-state index contributed by atoms with van der Waals surface area (Å²) < 4.78 is 46.5. The summed E-state index contributed by atoms with van der Waals surface area (Å²) in [7, 11) is 0. The Hall–Kier alpha value is -4.11. The summed E-state index contributed by atoms with van der Waals surface area (Å²) in [4.78, 5) is 21.4. The van der Waals surface area contributed by atoms with Gasteiger partial charge in [-0.15, -0.1) is 0 Å². The van der Waals surface area contributed by atoms with Crippen LogP contribution in [-0.4, -0.2) is 29.1 Å². The molecule has 1 heterocycles. The van der Waals surface area contributed by atoms with Crippen LogP contribution in [0.15, 0.2) is 60.7 Å². The van der Waals surface area contributed by atoms with Crippen LogP contribution in [0.1, 0.15) is 71.5 Å². The van der Waals surface area contributed by atoms with Crippen LogP contribution in [0.3, 0.4) is 0 Å². The van der Waals surface area contributed by atoms with Crippen LogP contribution in [0.4, 0.5) is 24.5 Å². The highest BCUT2D eigenvalue weighted by Crippen LogP contribution is 2.34. The number of halogens is 3. The van der Waals surface area contributed by atoms with Crippen molar-refractivity contribution >= 4 is 34.0 Å². The van der Waals surface area contributed by atoms with Gasteiger partial charge in [-0.05, 0) is 75.1 Å². The first-order valence-electron chi connectivity index (χ1n) is 14.2. The van der Waals surface area contributed by atoms with E-state index in [9.17, 15) is 18.0 Å². The standard InChI is InChI=1S/C33H37F3N4O2/c1-5-7-8-15-28(38-27-16-11-12-21(3)22(27)4)25-19-23(20-29-31(25)40-30(39-29)17-18-42-6-2)37-32(41)24-13-9-10-14-26(24)33(34,35)36/h9-16,19-20,38H,5-8,17-18H2,1-4H3,(H,37,41)(H,39,40)/b28-15-. The van der Waals surface area contributed by atoms with Gasteiger partial charge in [-0.25, -0.2) is 4.98 Å². The summed E-state index contributed by atoms with van der Waals surface area (Å²) in [5, 5.41) is 6.28. The lowest BCUT2D eigenvalue weighted by atomic mass is 10.0. The minimum absolute atomic E-state index is 0.351. The number of aromatic nitrogens is 2. The van der Waals surface area contributed by atoms with Crippen molar-refractivity contribution in [2.45, 2.75) is 59.6 Å². The first kappa shape index (κ1) is 30.8. The van der Waals surface area contributed by atoms with Crippen LogP contribution < -0.4 is 10.6 Å². The lowest BCUT2D eigenvalue weighted by molar-refractivity contribution is -0.137. The summed E-state index contributed by atoms with van der Waals surface area (Å²) in [6.45, 7) is 9.22. The molecule has 0 aliphatic rings. The molecular formula is C33H37F3N4O2. The second-order valence-electron chi connectivity index (χ2n) is 10.2. The molecule has 0 bridgehead atoms. The van der Waals surface area contributed by atoms with Gasteiger partial charge in [0.2, 0.25) is 0 Å². The molecule has 0 fully saturated rings. The number of carbonyl (C=O) groups is 1. The molecule has 0 spiro atoms. The van der Waals surface area contributed by atoms with Gasteiger partial charge in [0, 0.05) is 35.7 Å². The molecule has 0 aliphatic heterocycles. The number of imidazole rings is 1. The molecule has 3 aromatic carbocycles. The van der Waals surface area contributed by atoms with E-state index in [-0.39, 0.29) is 0 Å². The molecule has 3 N–H and O–H groups in total. The average molecular weight is 579 g/mol. The van der Waals surface area contributed by atoms with Gasteiger partial charge in [0.05, 0.1) is 28.8 Å². The third-order valence-corrected chi connectivity index (χ3v) is 7.13. The number of alkyl halides is 3. The van der Waals surface area contributed by atoms with Gasteiger partial charge in [0.15, 0.2) is 0 Å². The van der Waals surface area contributed by atoms with E-state index in [1.165, 1.54) is 18.2 Å². The number of aromatic amines is 1. The molecule has 0 saturated heterocycles. The first-order valence-corrected chi connectivity index (χ1v) is 14.2. The molecule has 0 unspecified atom stereocenters. The summed E-state index contributed by atoms with van der Waals surface area (Å²) in [5.74, 6) is -0.131. The molecule has 0 saturated carbocycles. The van der Waals surface area contributed by atoms with E-state index in [1.807, 2.05) is 39.0 Å². The van der Waals surface area contributed by atoms with Gasteiger partial charge in [-0.1, -0.05) is 43.7 Å². The molecule has 4 aromatic rings. The highest BCUT2D eigenvalue weighted by molar-refractivity contribution is 6.07. The summed E-state index contributed by atoms with van der Waals surface area (Å²) in [6.07, 6.45) is 0.809. The molecule has 42 heavy (non-hydrogen) atoms. The molecule has 0 radical (unpaired) electrons. The topological polar surface area (TPSA) is 79.0 Å². The van der Waals surface area contributed by atoms with Crippen molar-refractivity contribution < 1.29 is 22.7 Å². The number of hydrogen-bond donors (Lipinski definition) is 3. The summed E-state index contributed by atoms with van der Waals surface area (Å²) in [6, 6.07) is 14.3. The van der Waals surface area contributed by atoms with Crippen molar-refractivity contribution in [1.29, 1.82) is 0 Å². The number of rotatable bonds is 12. The molecule has 6 nitrogen and oxygen atoms in total. The van der Waals surface area contributed by atoms with E-state index in [0.717, 1.165) is 53.4 Å². The second-order valence-corrected chi connectivity index (χ2v) is 10.2. The maximum Gasteiger partial charge on any atom is 0.417 e. The Morgan fingerprint density at radius 1 is 1.02 bits per heavy atom. The number of H-pyrrole nitrogens is 1. The lowest BCUT2D eigenvalue weighted by Crippen LogP contribution is -2.18. The van der Waals surface area contributed by atoms with E-state index in [2.05, 4.69) is 28.6 Å². The van der Waals surface area contributed by atoms with Gasteiger partial charge >= 0.3 is 6.18 Å². The second kappa shape index (κ2) is 13.7. The zero-order valence-corrected chi connectivity index (χ0v) is 24.4. The fraction of sp³-hybridized carbons (Fsp3) is 0.333. The maximum absolute atomic E-state index is 13.7. The number of nitrogens with one attached hydrogen (secondary N) is 3. The molecule has 0 atom stereocenters. The van der Waals surface area contributed by atoms with E-state index in [0.29, 0.717) is 42.2 Å². The molecule has 9 heteroatoms. The fourth-order valence-corrected chi connectivity index (χ4v) is 4.71. The largest absolute Gasteiger partial charge is 0.417 e. The predicted octanol–water partition coefficient (Wildman–Crippen LogP) is 8.67. The normalized spacial score (nSPS) is 12.1. The Kier molecular flexibility index (Phi) is 10.1. The van der Waals surface area contributed by atoms with Gasteiger partial charge in [-0.2, -0.15) is 13.2 Å². The number of anilines is 2. The van der Waals surface area contributed by atoms with Crippen molar-refractivity contribution in [3.63, 3.8) is 0 Å². The zero-order valence-electron chi connectivity index (χ0n) is 24.4. The van der Waals surface area contributed by atoms with E-state index < -0.39 is 23.2 Å². The summed E-state index contributed by atoms with van der Waals surface area (Å²) >= 11 is 0. The van der Waals surface area contributed by atoms with Crippen LogP contribution in [0.2, 0.25) is 0 Å². The Bertz CT molecular complexity index is 1570. The van der Waals surface area contributed by atoms with E-state index >= 15 is 0 Å². The third kappa shape index (κ3) is 7.39. The number of ether oxygens (including phenoxy) is 1. The van der Waals surface area contributed by atoms with E-state index in [1.54, 1.807) is 12.1 Å². The number of unbranched alkanes of at least 4 members (excludes halogenated alkanes) is 2. The number of nitrogens with zero attached hydrogens (tertiary/aromatic N) is 1. The van der Waals surface area contributed by atoms with Crippen LogP contribution >= 0.6 is 0 Å². The molecule has 1 aromatic heterocycles. The fourth-order valence-electron chi connectivity index (χ4n) is 4.71.